The fourth-order valence-electron chi connectivity index (χ4n) is 4.69. The van der Waals surface area contributed by atoms with E-state index in [1.165, 1.54) is 22.0 Å². The second-order valence-electron chi connectivity index (χ2n) is 11.1. The Hall–Kier alpha value is -0.297. The van der Waals surface area contributed by atoms with Crippen LogP contribution in [0.15, 0.2) is 38.2 Å². The third-order valence-electron chi connectivity index (χ3n) is 6.69. The van der Waals surface area contributed by atoms with E-state index in [1.807, 2.05) is 0 Å². The van der Waals surface area contributed by atoms with Crippen molar-refractivity contribution in [1.29, 1.82) is 0 Å². The number of hydrogen-bond donors (Lipinski definition) is 1. The van der Waals surface area contributed by atoms with Crippen LogP contribution in [0.25, 0.3) is 10.9 Å². The smallest absolute Gasteiger partial charge is 1.00 e. The first-order valence-corrected chi connectivity index (χ1v) is 13.0. The minimum absolute atomic E-state index is 0. The van der Waals surface area contributed by atoms with Gasteiger partial charge in [-0.3, -0.25) is 0 Å². The molecule has 2 aromatic rings. The number of H-pyrrole nitrogens is 1. The van der Waals surface area contributed by atoms with Crippen LogP contribution in [0.3, 0.4) is 0 Å². The van der Waals surface area contributed by atoms with Crippen LogP contribution in [-0.4, -0.2) is 4.98 Å². The molecular weight excluding hydrogens is 488 g/mol. The molecule has 1 aliphatic carbocycles. The average molecular weight is 526 g/mol. The number of halogens is 2. The monoisotopic (exact) mass is 523 g/mol. The molecule has 0 bridgehead atoms. The molecule has 0 atom stereocenters. The van der Waals surface area contributed by atoms with Crippen LogP contribution < -0.4 is 28.2 Å². The summed E-state index contributed by atoms with van der Waals surface area (Å²) >= 11 is -0.953. The van der Waals surface area contributed by atoms with Crippen LogP contribution in [0.1, 0.15) is 87.3 Å². The quantitative estimate of drug-likeness (QED) is 0.605. The molecule has 0 fully saturated rings. The predicted octanol–water partition coefficient (Wildman–Crippen LogP) is 1.13. The first-order chi connectivity index (χ1) is 12.7. The summed E-state index contributed by atoms with van der Waals surface area (Å²) in [7, 11) is 0. The Labute approximate surface area is 208 Å². The van der Waals surface area contributed by atoms with Gasteiger partial charge in [0.2, 0.25) is 0 Å². The molecule has 1 aromatic carbocycles. The standard InChI is InChI=1S/C16H22N.C10H15.2ClH.Zr/c1-15(2,3)11-8-7-9-13-14(11)12(10-17-13)16(4,5)6;1-7-6-10(4,5)9(3)8(7)2;;;/h7-9,17H,1-6H3;1-5H3;2*1H;/q;;;;+2/p-2. The molecule has 0 saturated heterocycles. The largest absolute Gasteiger partial charge is 1.00 e. The van der Waals surface area contributed by atoms with E-state index in [1.54, 1.807) is 23.4 Å². The van der Waals surface area contributed by atoms with Crippen molar-refractivity contribution < 1.29 is 48.0 Å². The Balaban J connectivity index is 0.00000225. The normalized spacial score (nSPS) is 16.5. The third-order valence-corrected chi connectivity index (χ3v) is 11.3. The van der Waals surface area contributed by atoms with Crippen molar-refractivity contribution in [2.75, 3.05) is 0 Å². The molecule has 1 aromatic heterocycles. The fourth-order valence-corrected chi connectivity index (χ4v) is 9.47. The molecular formula is C26H37Cl2NZr. The number of hydrogen-bond acceptors (Lipinski definition) is 0. The Morgan fingerprint density at radius 3 is 1.83 bits per heavy atom. The van der Waals surface area contributed by atoms with E-state index < -0.39 is 23.2 Å². The van der Waals surface area contributed by atoms with Crippen LogP contribution in [0.4, 0.5) is 0 Å². The second kappa shape index (κ2) is 8.92. The zero-order valence-corrected chi connectivity index (χ0v) is 24.5. The first kappa shape index (κ1) is 27.7. The molecule has 164 valence electrons. The van der Waals surface area contributed by atoms with Crippen LogP contribution in [-0.2, 0) is 34.1 Å². The molecule has 0 saturated carbocycles. The molecule has 1 aliphatic rings. The van der Waals surface area contributed by atoms with E-state index in [9.17, 15) is 0 Å². The van der Waals surface area contributed by atoms with Crippen LogP contribution in [0.2, 0.25) is 0 Å². The number of benzene rings is 1. The Kier molecular flexibility index (Phi) is 8.24. The molecule has 0 unspecified atom stereocenters. The van der Waals surface area contributed by atoms with Gasteiger partial charge in [-0.15, -0.1) is 0 Å². The summed E-state index contributed by atoms with van der Waals surface area (Å²) in [5.74, 6) is 0. The zero-order valence-electron chi connectivity index (χ0n) is 20.5. The van der Waals surface area contributed by atoms with E-state index in [-0.39, 0.29) is 41.1 Å². The summed E-state index contributed by atoms with van der Waals surface area (Å²) in [5, 5.41) is 1.48. The van der Waals surface area contributed by atoms with Gasteiger partial charge in [0, 0.05) is 0 Å². The summed E-state index contributed by atoms with van der Waals surface area (Å²) < 4.78 is 3.30. The maximum atomic E-state index is 3.92. The van der Waals surface area contributed by atoms with E-state index >= 15 is 0 Å². The number of aromatic amines is 1. The van der Waals surface area contributed by atoms with Gasteiger partial charge in [-0.05, 0) is 0 Å². The second-order valence-corrected chi connectivity index (χ2v) is 14.2. The van der Waals surface area contributed by atoms with Crippen molar-refractivity contribution in [2.24, 2.45) is 5.41 Å². The van der Waals surface area contributed by atoms with Gasteiger partial charge >= 0.3 is 184 Å². The van der Waals surface area contributed by atoms with E-state index in [2.05, 4.69) is 99.3 Å². The summed E-state index contributed by atoms with van der Waals surface area (Å²) in [6.07, 6.45) is 0. The molecule has 30 heavy (non-hydrogen) atoms. The average Bonchev–Trinajstić information content (AvgIpc) is 2.99. The molecule has 1 heterocycles. The summed E-state index contributed by atoms with van der Waals surface area (Å²) in [6.45, 7) is 26.0. The number of aromatic nitrogens is 1. The van der Waals surface area contributed by atoms with E-state index in [0.717, 1.165) is 0 Å². The summed E-state index contributed by atoms with van der Waals surface area (Å²) in [6, 6.07) is 6.83. The van der Waals surface area contributed by atoms with Gasteiger partial charge in [-0.1, -0.05) is 0 Å². The number of nitrogens with one attached hydrogen (secondary N) is 1. The first-order valence-electron chi connectivity index (χ1n) is 10.5. The molecule has 0 aliphatic heterocycles. The zero-order chi connectivity index (χ0) is 21.2. The molecule has 3 rings (SSSR count). The molecule has 1 nitrogen and oxygen atoms in total. The number of fused-ring (bicyclic) bond motifs is 1. The van der Waals surface area contributed by atoms with Gasteiger partial charge < -0.3 is 24.8 Å². The minimum atomic E-state index is -0.953. The maximum absolute atomic E-state index is 3.92. The van der Waals surface area contributed by atoms with Gasteiger partial charge in [0.1, 0.15) is 0 Å². The summed E-state index contributed by atoms with van der Waals surface area (Å²) in [5.41, 5.74) is 9.48. The van der Waals surface area contributed by atoms with Crippen molar-refractivity contribution in [1.82, 2.24) is 4.98 Å². The van der Waals surface area contributed by atoms with Crippen molar-refractivity contribution in [3.05, 3.63) is 49.3 Å². The molecule has 1 N–H and O–H groups in total. The number of allylic oxidation sites excluding steroid dienone is 4. The van der Waals surface area contributed by atoms with Crippen molar-refractivity contribution >= 4 is 14.3 Å². The number of rotatable bonds is 2. The van der Waals surface area contributed by atoms with Crippen molar-refractivity contribution in [3.8, 4) is 0 Å². The Bertz CT molecular complexity index is 1010. The van der Waals surface area contributed by atoms with Gasteiger partial charge in [0.05, 0.1) is 0 Å². The molecule has 0 spiro atoms. The minimum Gasteiger partial charge on any atom is -1.00 e. The van der Waals surface area contributed by atoms with Crippen LogP contribution in [0.5, 0.6) is 0 Å². The third kappa shape index (κ3) is 4.58. The Morgan fingerprint density at radius 1 is 0.833 bits per heavy atom. The van der Waals surface area contributed by atoms with Crippen LogP contribution in [0, 0.1) is 5.41 Å². The van der Waals surface area contributed by atoms with Crippen LogP contribution >= 0.6 is 0 Å². The van der Waals surface area contributed by atoms with E-state index in [0.29, 0.717) is 0 Å². The molecule has 0 amide bonds. The Morgan fingerprint density at radius 2 is 1.40 bits per heavy atom. The SMILES string of the molecule is CC1=C(C)C(C)(C)[C]([Zr+2][c]2[nH]c3cccc(C(C)(C)C)c3c2C(C)(C)C)=C1C.[Cl-].[Cl-]. The van der Waals surface area contributed by atoms with E-state index in [4.69, 9.17) is 0 Å². The maximum Gasteiger partial charge on any atom is -1.00 e. The van der Waals surface area contributed by atoms with Gasteiger partial charge in [-0.2, -0.15) is 0 Å². The molecule has 4 heteroatoms. The van der Waals surface area contributed by atoms with Gasteiger partial charge in [0.15, 0.2) is 0 Å². The van der Waals surface area contributed by atoms with Crippen molar-refractivity contribution in [2.45, 2.75) is 87.0 Å². The summed E-state index contributed by atoms with van der Waals surface area (Å²) in [4.78, 5) is 3.92. The fraction of sp³-hybridized carbons (Fsp3) is 0.538. The topological polar surface area (TPSA) is 15.8 Å². The predicted molar refractivity (Wildman–Crippen MR) is 120 cm³/mol. The van der Waals surface area contributed by atoms with Crippen molar-refractivity contribution in [3.63, 3.8) is 0 Å². The van der Waals surface area contributed by atoms with Gasteiger partial charge in [-0.25, -0.2) is 0 Å². The molecule has 0 radical (unpaired) electrons. The van der Waals surface area contributed by atoms with Gasteiger partial charge in [0.25, 0.3) is 0 Å².